The molecule has 0 bridgehead atoms. The summed E-state index contributed by atoms with van der Waals surface area (Å²) in [5, 5.41) is 26.1. The lowest BCUT2D eigenvalue weighted by molar-refractivity contribution is -0.141. The number of ether oxygens (including phenoxy) is 1. The molecule has 0 spiro atoms. The molecule has 200 valence electrons. The molecule has 35 heavy (non-hydrogen) atoms. The van der Waals surface area contributed by atoms with Gasteiger partial charge in [-0.25, -0.2) is 4.79 Å². The molecule has 1 rings (SSSR count). The quantitative estimate of drug-likeness (QED) is 0.124. The smallest absolute Gasteiger partial charge is 0.330 e. The Labute approximate surface area is 211 Å². The van der Waals surface area contributed by atoms with Crippen LogP contribution in [-0.2, 0) is 20.7 Å². The molecular formula is C28H47NO6. The summed E-state index contributed by atoms with van der Waals surface area (Å²) in [6.45, 7) is 1.70. The van der Waals surface area contributed by atoms with E-state index in [1.54, 1.807) is 0 Å². The van der Waals surface area contributed by atoms with Crippen LogP contribution in [0.4, 0.5) is 0 Å². The number of benzene rings is 1. The summed E-state index contributed by atoms with van der Waals surface area (Å²) in [5.74, 6) is -1.42. The van der Waals surface area contributed by atoms with Crippen LogP contribution in [0.3, 0.4) is 0 Å². The molecule has 0 fully saturated rings. The van der Waals surface area contributed by atoms with Gasteiger partial charge in [-0.2, -0.15) is 0 Å². The van der Waals surface area contributed by atoms with E-state index in [9.17, 15) is 9.59 Å². The van der Waals surface area contributed by atoms with E-state index in [-0.39, 0.29) is 6.61 Å². The van der Waals surface area contributed by atoms with E-state index in [4.69, 9.17) is 25.8 Å². The number of hydrogen-bond donors (Lipinski definition) is 4. The normalized spacial score (nSPS) is 12.6. The maximum absolute atomic E-state index is 11.3. The van der Waals surface area contributed by atoms with Gasteiger partial charge in [-0.05, 0) is 24.8 Å². The Morgan fingerprint density at radius 3 is 2.00 bits per heavy atom. The fourth-order valence-corrected chi connectivity index (χ4v) is 3.34. The molecule has 0 heterocycles. The van der Waals surface area contributed by atoms with Crippen molar-refractivity contribution in [3.8, 4) is 0 Å². The van der Waals surface area contributed by atoms with Crippen LogP contribution in [0.25, 0.3) is 0 Å². The molecule has 0 saturated carbocycles. The van der Waals surface area contributed by atoms with Gasteiger partial charge in [0.15, 0.2) is 0 Å². The van der Waals surface area contributed by atoms with Crippen molar-refractivity contribution in [1.82, 2.24) is 0 Å². The number of aliphatic hydroxyl groups is 2. The van der Waals surface area contributed by atoms with Gasteiger partial charge in [0.25, 0.3) is 0 Å². The van der Waals surface area contributed by atoms with Crippen molar-refractivity contribution in [3.05, 3.63) is 48.0 Å². The number of unbranched alkanes of at least 4 members (excludes halogenated alkanes) is 11. The molecule has 0 aliphatic heterocycles. The number of aliphatic carboxylic acids is 1. The second-order valence-corrected chi connectivity index (χ2v) is 8.83. The summed E-state index contributed by atoms with van der Waals surface area (Å²) in [4.78, 5) is 21.6. The summed E-state index contributed by atoms with van der Waals surface area (Å²) >= 11 is 0. The Hall–Kier alpha value is -2.22. The lowest BCUT2D eigenvalue weighted by Gasteiger charge is -2.06. The second kappa shape index (κ2) is 23.5. The lowest BCUT2D eigenvalue weighted by atomic mass is 10.1. The fourth-order valence-electron chi connectivity index (χ4n) is 3.34. The van der Waals surface area contributed by atoms with Crippen LogP contribution < -0.4 is 5.73 Å². The first-order chi connectivity index (χ1) is 16.9. The average Bonchev–Trinajstić information content (AvgIpc) is 2.86. The number of allylic oxidation sites excluding steroid dienone is 1. The molecule has 0 radical (unpaired) electrons. The summed E-state index contributed by atoms with van der Waals surface area (Å²) in [5.41, 5.74) is 6.30. The maximum atomic E-state index is 11.3. The zero-order valence-corrected chi connectivity index (χ0v) is 21.4. The van der Waals surface area contributed by atoms with Gasteiger partial charge >= 0.3 is 11.9 Å². The minimum atomic E-state index is -0.987. The number of rotatable bonds is 19. The van der Waals surface area contributed by atoms with Gasteiger partial charge in [0, 0.05) is 6.08 Å². The number of carboxylic acid groups (broad SMARTS) is 1. The van der Waals surface area contributed by atoms with Crippen molar-refractivity contribution < 1.29 is 29.6 Å². The Balaban J connectivity index is 0.000000801. The van der Waals surface area contributed by atoms with Gasteiger partial charge in [0.2, 0.25) is 0 Å². The van der Waals surface area contributed by atoms with E-state index in [1.807, 2.05) is 36.4 Å². The molecule has 2 atom stereocenters. The minimum absolute atomic E-state index is 0.155. The van der Waals surface area contributed by atoms with E-state index < -0.39 is 30.7 Å². The fraction of sp³-hybridized carbons (Fsp3) is 0.643. The van der Waals surface area contributed by atoms with E-state index in [0.717, 1.165) is 18.4 Å². The molecule has 1 aromatic rings. The van der Waals surface area contributed by atoms with Crippen LogP contribution in [0.15, 0.2) is 42.5 Å². The van der Waals surface area contributed by atoms with Crippen LogP contribution in [-0.4, -0.2) is 52.6 Å². The summed E-state index contributed by atoms with van der Waals surface area (Å²) < 4.78 is 4.77. The molecular weight excluding hydrogens is 446 g/mol. The third kappa shape index (κ3) is 22.0. The highest BCUT2D eigenvalue weighted by Gasteiger charge is 2.11. The molecule has 1 aromatic carbocycles. The number of esters is 1. The molecule has 0 amide bonds. The SMILES string of the molecule is CCCCCCCCCCCCCC=CC(=O)OCC(O)CO.N[C@@H](Cc1ccccc1)C(=O)O. The van der Waals surface area contributed by atoms with Crippen LogP contribution in [0.5, 0.6) is 0 Å². The van der Waals surface area contributed by atoms with Crippen LogP contribution in [0.2, 0.25) is 0 Å². The first-order valence-corrected chi connectivity index (χ1v) is 13.0. The summed E-state index contributed by atoms with van der Waals surface area (Å²) in [7, 11) is 0. The molecule has 5 N–H and O–H groups in total. The van der Waals surface area contributed by atoms with Crippen molar-refractivity contribution in [2.45, 2.75) is 103 Å². The number of aliphatic hydroxyl groups excluding tert-OH is 2. The number of carbonyl (C=O) groups is 2. The zero-order chi connectivity index (χ0) is 26.2. The Morgan fingerprint density at radius 2 is 1.49 bits per heavy atom. The monoisotopic (exact) mass is 493 g/mol. The predicted octanol–water partition coefficient (Wildman–Crippen LogP) is 4.78. The molecule has 0 saturated heterocycles. The van der Waals surface area contributed by atoms with Crippen molar-refractivity contribution in [3.63, 3.8) is 0 Å². The van der Waals surface area contributed by atoms with Crippen molar-refractivity contribution in [2.75, 3.05) is 13.2 Å². The first-order valence-electron chi connectivity index (χ1n) is 13.0. The lowest BCUT2D eigenvalue weighted by Crippen LogP contribution is -2.32. The van der Waals surface area contributed by atoms with E-state index in [2.05, 4.69) is 6.92 Å². The van der Waals surface area contributed by atoms with Crippen molar-refractivity contribution >= 4 is 11.9 Å². The third-order valence-corrected chi connectivity index (χ3v) is 5.47. The van der Waals surface area contributed by atoms with Crippen molar-refractivity contribution in [1.29, 1.82) is 0 Å². The molecule has 0 aliphatic carbocycles. The molecule has 7 nitrogen and oxygen atoms in total. The highest BCUT2D eigenvalue weighted by molar-refractivity contribution is 5.81. The zero-order valence-electron chi connectivity index (χ0n) is 21.4. The van der Waals surface area contributed by atoms with Gasteiger partial charge in [0.05, 0.1) is 6.61 Å². The van der Waals surface area contributed by atoms with Crippen LogP contribution >= 0.6 is 0 Å². The van der Waals surface area contributed by atoms with Gasteiger partial charge < -0.3 is 25.8 Å². The highest BCUT2D eigenvalue weighted by Crippen LogP contribution is 2.12. The number of carbonyl (C=O) groups excluding carboxylic acids is 1. The predicted molar refractivity (Wildman–Crippen MR) is 140 cm³/mol. The van der Waals surface area contributed by atoms with Crippen molar-refractivity contribution in [2.24, 2.45) is 5.73 Å². The van der Waals surface area contributed by atoms with Crippen LogP contribution in [0.1, 0.15) is 89.5 Å². The largest absolute Gasteiger partial charge is 0.480 e. The molecule has 0 aliphatic rings. The third-order valence-electron chi connectivity index (χ3n) is 5.47. The Morgan fingerprint density at radius 1 is 0.943 bits per heavy atom. The van der Waals surface area contributed by atoms with Gasteiger partial charge in [0.1, 0.15) is 18.8 Å². The number of carboxylic acids is 1. The van der Waals surface area contributed by atoms with E-state index in [1.165, 1.54) is 70.3 Å². The Bertz CT molecular complexity index is 665. The summed E-state index contributed by atoms with van der Waals surface area (Å²) in [6.07, 6.45) is 18.0. The first kappa shape index (κ1) is 32.8. The van der Waals surface area contributed by atoms with Gasteiger partial charge in [-0.15, -0.1) is 0 Å². The standard InChI is InChI=1S/C19H36O4.C9H11NO2/c1-2-3-4-5-6-7-8-9-10-11-12-13-14-15-19(22)23-17-18(21)16-20;10-8(9(11)12)6-7-4-2-1-3-5-7/h14-15,18,20-21H,2-13,16-17H2,1H3;1-5,8H,6,10H2,(H,11,12)/t;8-/m.0/s1. The maximum Gasteiger partial charge on any atom is 0.330 e. The van der Waals surface area contributed by atoms with Crippen LogP contribution in [0, 0.1) is 0 Å². The summed E-state index contributed by atoms with van der Waals surface area (Å²) in [6, 6.07) is 8.54. The van der Waals surface area contributed by atoms with E-state index in [0.29, 0.717) is 6.42 Å². The number of hydrogen-bond acceptors (Lipinski definition) is 6. The molecule has 0 aromatic heterocycles. The molecule has 1 unspecified atom stereocenters. The van der Waals surface area contributed by atoms with E-state index >= 15 is 0 Å². The average molecular weight is 494 g/mol. The molecule has 7 heteroatoms. The number of nitrogens with two attached hydrogens (primary N) is 1. The minimum Gasteiger partial charge on any atom is -0.480 e. The Kier molecular flexibility index (Phi) is 22.0. The van der Waals surface area contributed by atoms with Gasteiger partial charge in [-0.3, -0.25) is 4.79 Å². The highest BCUT2D eigenvalue weighted by atomic mass is 16.5. The second-order valence-electron chi connectivity index (χ2n) is 8.83. The van der Waals surface area contributed by atoms with Gasteiger partial charge in [-0.1, -0.05) is 108 Å². The topological polar surface area (TPSA) is 130 Å².